The molecule has 9 heteroatoms. The van der Waals surface area contributed by atoms with Gasteiger partial charge in [-0.2, -0.15) is 13.2 Å². The number of amides is 1. The zero-order valence-corrected chi connectivity index (χ0v) is 15.9. The van der Waals surface area contributed by atoms with Gasteiger partial charge in [0.05, 0.1) is 26.7 Å². The van der Waals surface area contributed by atoms with Crippen LogP contribution in [0.1, 0.15) is 36.5 Å². The Bertz CT molecular complexity index is 833. The van der Waals surface area contributed by atoms with Crippen LogP contribution < -0.4 is 14.8 Å². The molecule has 2 N–H and O–H groups in total. The first-order valence-corrected chi connectivity index (χ1v) is 8.39. The van der Waals surface area contributed by atoms with Gasteiger partial charge in [-0.05, 0) is 43.7 Å². The number of halogens is 3. The lowest BCUT2D eigenvalue weighted by Crippen LogP contribution is -2.46. The van der Waals surface area contributed by atoms with Gasteiger partial charge in [0, 0.05) is 0 Å². The van der Waals surface area contributed by atoms with Crippen molar-refractivity contribution in [3.63, 3.8) is 0 Å². The maximum Gasteiger partial charge on any atom is 0.425 e. The van der Waals surface area contributed by atoms with Gasteiger partial charge < -0.3 is 24.3 Å². The molecule has 0 radical (unpaired) electrons. The second-order valence-electron chi connectivity index (χ2n) is 6.35. The molecule has 1 aromatic heterocycles. The van der Waals surface area contributed by atoms with E-state index < -0.39 is 35.9 Å². The Kier molecular flexibility index (Phi) is 6.28. The summed E-state index contributed by atoms with van der Waals surface area (Å²) in [6, 6.07) is 6.54. The molecule has 0 unspecified atom stereocenters. The van der Waals surface area contributed by atoms with E-state index in [0.717, 1.165) is 6.07 Å². The fourth-order valence-electron chi connectivity index (χ4n) is 2.71. The number of aryl methyl sites for hydroxylation is 1. The third-order valence-electron chi connectivity index (χ3n) is 4.32. The normalized spacial score (nSPS) is 14.9. The van der Waals surface area contributed by atoms with Crippen molar-refractivity contribution in [1.82, 2.24) is 5.32 Å². The lowest BCUT2D eigenvalue weighted by Gasteiger charge is -2.28. The highest BCUT2D eigenvalue weighted by Gasteiger charge is 2.58. The Morgan fingerprint density at radius 2 is 1.82 bits per heavy atom. The highest BCUT2D eigenvalue weighted by atomic mass is 19.4. The first kappa shape index (κ1) is 21.6. The van der Waals surface area contributed by atoms with E-state index in [9.17, 15) is 23.1 Å². The molecule has 0 bridgehead atoms. The minimum Gasteiger partial charge on any atom is -0.493 e. The number of ether oxygens (including phenoxy) is 2. The zero-order chi connectivity index (χ0) is 21.1. The van der Waals surface area contributed by atoms with Gasteiger partial charge in [-0.15, -0.1) is 0 Å². The number of aliphatic hydroxyl groups is 1. The van der Waals surface area contributed by atoms with Gasteiger partial charge in [-0.3, -0.25) is 4.79 Å². The standard InChI is InChI=1S/C19H22F3NO5/c1-11-5-8-16(28-11)18(25,19(20,21)22)10-17(24)23-12(2)13-6-7-14(26-3)15(9-13)27-4/h5-9,12,25H,10H2,1-4H3,(H,23,24)/t12-,18+/m1/s1. The molecular weight excluding hydrogens is 379 g/mol. The van der Waals surface area contributed by atoms with Crippen LogP contribution in [0.2, 0.25) is 0 Å². The Balaban J connectivity index is 2.19. The molecular formula is C19H22F3NO5. The van der Waals surface area contributed by atoms with Crippen molar-refractivity contribution < 1.29 is 37.0 Å². The minimum absolute atomic E-state index is 0.191. The van der Waals surface area contributed by atoms with Crippen LogP contribution in [0.25, 0.3) is 0 Å². The van der Waals surface area contributed by atoms with Gasteiger partial charge >= 0.3 is 6.18 Å². The van der Waals surface area contributed by atoms with Gasteiger partial charge in [0.2, 0.25) is 11.5 Å². The first-order valence-electron chi connectivity index (χ1n) is 8.39. The molecule has 0 saturated carbocycles. The molecule has 28 heavy (non-hydrogen) atoms. The monoisotopic (exact) mass is 401 g/mol. The topological polar surface area (TPSA) is 80.9 Å². The molecule has 2 rings (SSSR count). The molecule has 0 fully saturated rings. The Morgan fingerprint density at radius 1 is 1.18 bits per heavy atom. The minimum atomic E-state index is -5.10. The summed E-state index contributed by atoms with van der Waals surface area (Å²) >= 11 is 0. The van der Waals surface area contributed by atoms with Crippen LogP contribution in [0, 0.1) is 6.92 Å². The predicted octanol–water partition coefficient (Wildman–Crippen LogP) is 3.62. The van der Waals surface area contributed by atoms with Crippen molar-refractivity contribution in [1.29, 1.82) is 0 Å². The largest absolute Gasteiger partial charge is 0.493 e. The number of alkyl halides is 3. The number of methoxy groups -OCH3 is 2. The van der Waals surface area contributed by atoms with Gasteiger partial charge in [-0.1, -0.05) is 6.07 Å². The molecule has 0 saturated heterocycles. The van der Waals surface area contributed by atoms with E-state index in [4.69, 9.17) is 13.9 Å². The van der Waals surface area contributed by atoms with Crippen molar-refractivity contribution in [2.24, 2.45) is 0 Å². The number of rotatable bonds is 7. The maximum absolute atomic E-state index is 13.5. The highest BCUT2D eigenvalue weighted by Crippen LogP contribution is 2.42. The summed E-state index contributed by atoms with van der Waals surface area (Å²) in [7, 11) is 2.91. The average molecular weight is 401 g/mol. The van der Waals surface area contributed by atoms with E-state index in [-0.39, 0.29) is 5.76 Å². The van der Waals surface area contributed by atoms with Crippen molar-refractivity contribution in [2.45, 2.75) is 38.1 Å². The molecule has 0 aliphatic rings. The van der Waals surface area contributed by atoms with Gasteiger partial charge in [0.1, 0.15) is 11.5 Å². The van der Waals surface area contributed by atoms with Crippen LogP contribution in [-0.2, 0) is 10.4 Å². The van der Waals surface area contributed by atoms with Crippen LogP contribution in [0.3, 0.4) is 0 Å². The van der Waals surface area contributed by atoms with Gasteiger partial charge in [0.15, 0.2) is 11.5 Å². The van der Waals surface area contributed by atoms with Crippen LogP contribution in [0.15, 0.2) is 34.7 Å². The number of benzene rings is 1. The summed E-state index contributed by atoms with van der Waals surface area (Å²) in [5.41, 5.74) is -2.83. The molecule has 0 aliphatic heterocycles. The third kappa shape index (κ3) is 4.41. The Labute approximate surface area is 160 Å². The fraction of sp³-hybridized carbons (Fsp3) is 0.421. The van der Waals surface area contributed by atoms with Crippen molar-refractivity contribution in [3.8, 4) is 11.5 Å². The van der Waals surface area contributed by atoms with Crippen molar-refractivity contribution in [3.05, 3.63) is 47.4 Å². The quantitative estimate of drug-likeness (QED) is 0.741. The van der Waals surface area contributed by atoms with E-state index in [1.165, 1.54) is 27.2 Å². The highest BCUT2D eigenvalue weighted by molar-refractivity contribution is 5.78. The molecule has 1 heterocycles. The smallest absolute Gasteiger partial charge is 0.425 e. The number of carbonyl (C=O) groups excluding carboxylic acids is 1. The SMILES string of the molecule is COc1ccc([C@@H](C)NC(=O)C[C@](O)(c2ccc(C)o2)C(F)(F)F)cc1OC. The van der Waals surface area contributed by atoms with E-state index >= 15 is 0 Å². The molecule has 0 aliphatic carbocycles. The van der Waals surface area contributed by atoms with Crippen molar-refractivity contribution >= 4 is 5.91 Å². The lowest BCUT2D eigenvalue weighted by atomic mass is 9.95. The molecule has 0 spiro atoms. The van der Waals surface area contributed by atoms with Crippen LogP contribution >= 0.6 is 0 Å². The second kappa shape index (κ2) is 8.14. The predicted molar refractivity (Wildman–Crippen MR) is 94.1 cm³/mol. The Morgan fingerprint density at radius 3 is 2.32 bits per heavy atom. The lowest BCUT2D eigenvalue weighted by molar-refractivity contribution is -0.273. The molecule has 6 nitrogen and oxygen atoms in total. The summed E-state index contributed by atoms with van der Waals surface area (Å²) in [4.78, 5) is 12.3. The summed E-state index contributed by atoms with van der Waals surface area (Å²) in [5, 5.41) is 12.7. The molecule has 2 aromatic rings. The molecule has 154 valence electrons. The second-order valence-corrected chi connectivity index (χ2v) is 6.35. The van der Waals surface area contributed by atoms with Gasteiger partial charge in [-0.25, -0.2) is 0 Å². The molecule has 1 amide bonds. The summed E-state index contributed by atoms with van der Waals surface area (Å²) in [5.74, 6) is -0.636. The van der Waals surface area contributed by atoms with Crippen LogP contribution in [0.5, 0.6) is 11.5 Å². The van der Waals surface area contributed by atoms with E-state index in [1.54, 1.807) is 25.1 Å². The number of hydrogen-bond donors (Lipinski definition) is 2. The first-order chi connectivity index (χ1) is 13.0. The van der Waals surface area contributed by atoms with E-state index in [2.05, 4.69) is 5.32 Å². The number of hydrogen-bond acceptors (Lipinski definition) is 5. The number of carbonyl (C=O) groups is 1. The van der Waals surface area contributed by atoms with Gasteiger partial charge in [0.25, 0.3) is 0 Å². The fourth-order valence-corrected chi connectivity index (χ4v) is 2.71. The molecule has 2 atom stereocenters. The number of nitrogens with one attached hydrogen (secondary N) is 1. The summed E-state index contributed by atoms with van der Waals surface area (Å²) in [6.07, 6.45) is -6.33. The van der Waals surface area contributed by atoms with E-state index in [0.29, 0.717) is 17.1 Å². The summed E-state index contributed by atoms with van der Waals surface area (Å²) < 4.78 is 55.7. The van der Waals surface area contributed by atoms with Crippen LogP contribution in [0.4, 0.5) is 13.2 Å². The molecule has 1 aromatic carbocycles. The Hall–Kier alpha value is -2.68. The number of furan rings is 1. The van der Waals surface area contributed by atoms with E-state index in [1.807, 2.05) is 0 Å². The van der Waals surface area contributed by atoms with Crippen molar-refractivity contribution in [2.75, 3.05) is 14.2 Å². The van der Waals surface area contributed by atoms with Crippen LogP contribution in [-0.4, -0.2) is 31.4 Å². The maximum atomic E-state index is 13.5. The average Bonchev–Trinajstić information content (AvgIpc) is 3.06. The third-order valence-corrected chi connectivity index (χ3v) is 4.32. The zero-order valence-electron chi connectivity index (χ0n) is 15.9. The summed E-state index contributed by atoms with van der Waals surface area (Å²) in [6.45, 7) is 3.04.